The molecule has 26 heavy (non-hydrogen) atoms. The Hall–Kier alpha value is -0.360. The van der Waals surface area contributed by atoms with Crippen LogP contribution in [0.1, 0.15) is 71.1 Å². The monoisotopic (exact) mass is 394 g/mol. The van der Waals surface area contributed by atoms with Crippen LogP contribution in [0.15, 0.2) is 0 Å². The Morgan fingerprint density at radius 1 is 0.654 bits per heavy atom. The summed E-state index contributed by atoms with van der Waals surface area (Å²) < 4.78 is 21.0. The fourth-order valence-electron chi connectivity index (χ4n) is 2.46. The van der Waals surface area contributed by atoms with E-state index in [0.29, 0.717) is 58.5 Å². The molecular weight excluding hydrogens is 356 g/mol. The Balaban J connectivity index is 3.13. The van der Waals surface area contributed by atoms with Crippen molar-refractivity contribution in [2.45, 2.75) is 71.1 Å². The molecule has 0 saturated heterocycles. The fraction of sp³-hybridized carbons (Fsp3) is 0.950. The van der Waals surface area contributed by atoms with Gasteiger partial charge in [-0.05, 0) is 6.42 Å². The molecule has 0 amide bonds. The second kappa shape index (κ2) is 22.7. The summed E-state index contributed by atoms with van der Waals surface area (Å²) in [6.45, 7) is 5.60. The van der Waals surface area contributed by atoms with Crippen LogP contribution in [0.25, 0.3) is 0 Å². The Bertz CT molecular complexity index is 289. The minimum atomic E-state index is -0.121. The van der Waals surface area contributed by atoms with E-state index in [-0.39, 0.29) is 5.97 Å². The lowest BCUT2D eigenvalue weighted by molar-refractivity contribution is -0.145. The van der Waals surface area contributed by atoms with Crippen LogP contribution >= 0.6 is 11.6 Å². The van der Waals surface area contributed by atoms with Crippen molar-refractivity contribution < 1.29 is 23.7 Å². The Kier molecular flexibility index (Phi) is 22.4. The first kappa shape index (κ1) is 25.6. The van der Waals surface area contributed by atoms with Crippen molar-refractivity contribution >= 4 is 17.6 Å². The van der Waals surface area contributed by atoms with Crippen molar-refractivity contribution in [1.29, 1.82) is 0 Å². The zero-order valence-corrected chi connectivity index (χ0v) is 17.4. The van der Waals surface area contributed by atoms with E-state index in [0.717, 1.165) is 12.8 Å². The first-order chi connectivity index (χ1) is 12.8. The van der Waals surface area contributed by atoms with E-state index < -0.39 is 0 Å². The highest BCUT2D eigenvalue weighted by Gasteiger charge is 2.02. The summed E-state index contributed by atoms with van der Waals surface area (Å²) in [5.74, 6) is 0.380. The minimum Gasteiger partial charge on any atom is -0.463 e. The molecule has 0 fully saturated rings. The van der Waals surface area contributed by atoms with Gasteiger partial charge in [0.2, 0.25) is 0 Å². The molecule has 0 heterocycles. The molecule has 0 aliphatic carbocycles. The maximum absolute atomic E-state index is 11.6. The summed E-state index contributed by atoms with van der Waals surface area (Å²) >= 11 is 5.48. The van der Waals surface area contributed by atoms with Crippen LogP contribution in [0.4, 0.5) is 0 Å². The summed E-state index contributed by atoms with van der Waals surface area (Å²) in [7, 11) is 0. The quantitative estimate of drug-likeness (QED) is 0.160. The Labute approximate surface area is 165 Å². The first-order valence-electron chi connectivity index (χ1n) is 10.3. The summed E-state index contributed by atoms with van der Waals surface area (Å²) in [4.78, 5) is 11.6. The van der Waals surface area contributed by atoms with Crippen molar-refractivity contribution in [2.24, 2.45) is 0 Å². The molecule has 5 nitrogen and oxygen atoms in total. The van der Waals surface area contributed by atoms with Crippen molar-refractivity contribution in [1.82, 2.24) is 0 Å². The van der Waals surface area contributed by atoms with Crippen molar-refractivity contribution in [3.63, 3.8) is 0 Å². The molecule has 0 spiro atoms. The van der Waals surface area contributed by atoms with Crippen molar-refractivity contribution in [3.05, 3.63) is 0 Å². The van der Waals surface area contributed by atoms with Gasteiger partial charge in [0.25, 0.3) is 0 Å². The molecule has 6 heteroatoms. The fourth-order valence-corrected chi connectivity index (χ4v) is 2.57. The highest BCUT2D eigenvalue weighted by Crippen LogP contribution is 2.10. The summed E-state index contributed by atoms with van der Waals surface area (Å²) in [6, 6.07) is 0. The number of unbranched alkanes of at least 4 members (excludes halogenated alkanes) is 8. The van der Waals surface area contributed by atoms with Crippen LogP contribution in [0.5, 0.6) is 0 Å². The standard InChI is InChI=1S/C20H39ClO5/c1-2-3-4-5-6-7-8-9-10-11-20(22)26-19-18-25-17-16-24-15-14-23-13-12-21/h2-19H2,1H3. The van der Waals surface area contributed by atoms with E-state index in [1.165, 1.54) is 44.9 Å². The van der Waals surface area contributed by atoms with Crippen LogP contribution < -0.4 is 0 Å². The summed E-state index contributed by atoms with van der Waals surface area (Å²) in [5, 5.41) is 0. The Morgan fingerprint density at radius 2 is 1.12 bits per heavy atom. The predicted molar refractivity (Wildman–Crippen MR) is 106 cm³/mol. The number of esters is 1. The van der Waals surface area contributed by atoms with Gasteiger partial charge in [-0.15, -0.1) is 11.6 Å². The number of hydrogen-bond donors (Lipinski definition) is 0. The molecule has 156 valence electrons. The van der Waals surface area contributed by atoms with Crippen molar-refractivity contribution in [2.75, 3.05) is 52.1 Å². The van der Waals surface area contributed by atoms with Crippen LogP contribution in [-0.2, 0) is 23.7 Å². The lowest BCUT2D eigenvalue weighted by Crippen LogP contribution is -2.14. The van der Waals surface area contributed by atoms with E-state index in [1.54, 1.807) is 0 Å². The van der Waals surface area contributed by atoms with Crippen LogP contribution in [0.2, 0.25) is 0 Å². The van der Waals surface area contributed by atoms with Gasteiger partial charge in [0.1, 0.15) is 6.61 Å². The van der Waals surface area contributed by atoms with E-state index in [9.17, 15) is 4.79 Å². The number of rotatable bonds is 21. The van der Waals surface area contributed by atoms with Gasteiger partial charge in [0.15, 0.2) is 0 Å². The molecule has 0 unspecified atom stereocenters. The van der Waals surface area contributed by atoms with Gasteiger partial charge in [0, 0.05) is 12.3 Å². The molecule has 0 rings (SSSR count). The summed E-state index contributed by atoms with van der Waals surface area (Å²) in [6.07, 6.45) is 11.8. The average molecular weight is 395 g/mol. The molecule has 0 bridgehead atoms. The Morgan fingerprint density at radius 3 is 1.65 bits per heavy atom. The maximum Gasteiger partial charge on any atom is 0.305 e. The third kappa shape index (κ3) is 21.7. The molecule has 0 N–H and O–H groups in total. The average Bonchev–Trinajstić information content (AvgIpc) is 2.64. The molecule has 0 saturated carbocycles. The minimum absolute atomic E-state index is 0.121. The maximum atomic E-state index is 11.6. The second-order valence-electron chi connectivity index (χ2n) is 6.32. The van der Waals surface area contributed by atoms with Crippen LogP contribution in [0.3, 0.4) is 0 Å². The molecule has 0 aromatic rings. The molecule has 0 radical (unpaired) electrons. The molecular formula is C20H39ClO5. The van der Waals surface area contributed by atoms with Crippen LogP contribution in [-0.4, -0.2) is 58.1 Å². The van der Waals surface area contributed by atoms with E-state index in [1.807, 2.05) is 0 Å². The number of alkyl halides is 1. The van der Waals surface area contributed by atoms with Crippen LogP contribution in [0, 0.1) is 0 Å². The highest BCUT2D eigenvalue weighted by molar-refractivity contribution is 6.17. The smallest absolute Gasteiger partial charge is 0.305 e. The summed E-state index contributed by atoms with van der Waals surface area (Å²) in [5.41, 5.74) is 0. The number of carbonyl (C=O) groups is 1. The van der Waals surface area contributed by atoms with Gasteiger partial charge in [0.05, 0.1) is 39.6 Å². The third-order valence-electron chi connectivity index (χ3n) is 3.94. The molecule has 0 aromatic heterocycles. The third-order valence-corrected chi connectivity index (χ3v) is 4.09. The van der Waals surface area contributed by atoms with Gasteiger partial charge < -0.3 is 18.9 Å². The van der Waals surface area contributed by atoms with Gasteiger partial charge in [-0.1, -0.05) is 58.3 Å². The first-order valence-corrected chi connectivity index (χ1v) is 10.8. The van der Waals surface area contributed by atoms with Gasteiger partial charge >= 0.3 is 5.97 Å². The molecule has 0 aromatic carbocycles. The predicted octanol–water partition coefficient (Wildman–Crippen LogP) is 4.74. The normalized spacial score (nSPS) is 11.0. The largest absolute Gasteiger partial charge is 0.463 e. The molecule has 0 aliphatic heterocycles. The zero-order valence-electron chi connectivity index (χ0n) is 16.6. The van der Waals surface area contributed by atoms with E-state index in [2.05, 4.69) is 6.92 Å². The SMILES string of the molecule is CCCCCCCCCCCC(=O)OCCOCCOCCOCCCl. The lowest BCUT2D eigenvalue weighted by Gasteiger charge is -2.07. The number of hydrogen-bond acceptors (Lipinski definition) is 5. The lowest BCUT2D eigenvalue weighted by atomic mass is 10.1. The number of ether oxygens (including phenoxy) is 4. The number of halogens is 1. The second-order valence-corrected chi connectivity index (χ2v) is 6.70. The molecule has 0 aliphatic rings. The molecule has 0 atom stereocenters. The van der Waals surface area contributed by atoms with Gasteiger partial charge in [-0.3, -0.25) is 4.79 Å². The van der Waals surface area contributed by atoms with E-state index in [4.69, 9.17) is 30.5 Å². The van der Waals surface area contributed by atoms with E-state index >= 15 is 0 Å². The highest BCUT2D eigenvalue weighted by atomic mass is 35.5. The van der Waals surface area contributed by atoms with Gasteiger partial charge in [-0.2, -0.15) is 0 Å². The topological polar surface area (TPSA) is 54.0 Å². The van der Waals surface area contributed by atoms with Crippen molar-refractivity contribution in [3.8, 4) is 0 Å². The van der Waals surface area contributed by atoms with Gasteiger partial charge in [-0.25, -0.2) is 0 Å². The number of carbonyl (C=O) groups excluding carboxylic acids is 1. The zero-order chi connectivity index (χ0) is 19.1.